The maximum atomic E-state index is 11.9. The summed E-state index contributed by atoms with van der Waals surface area (Å²) in [4.78, 5) is 27.8. The van der Waals surface area contributed by atoms with Crippen LogP contribution in [0.1, 0.15) is 13.0 Å². The number of hydrogen-bond acceptors (Lipinski definition) is 5. The molecule has 0 spiro atoms. The maximum Gasteiger partial charge on any atom is 0.339 e. The third-order valence-electron chi connectivity index (χ3n) is 2.92. The van der Waals surface area contributed by atoms with Gasteiger partial charge in [-0.25, -0.2) is 14.5 Å². The summed E-state index contributed by atoms with van der Waals surface area (Å²) < 4.78 is 6.26. The van der Waals surface area contributed by atoms with Crippen molar-refractivity contribution < 1.29 is 14.3 Å². The highest BCUT2D eigenvalue weighted by Gasteiger charge is 2.34. The number of fused-ring (bicyclic) bond motifs is 3. The second-order valence-corrected chi connectivity index (χ2v) is 4.10. The summed E-state index contributed by atoms with van der Waals surface area (Å²) in [6.07, 6.45) is 1.16. The van der Waals surface area contributed by atoms with E-state index in [1.165, 1.54) is 4.68 Å². The summed E-state index contributed by atoms with van der Waals surface area (Å²) in [5, 5.41) is 5.08. The Kier molecular flexibility index (Phi) is 2.63. The van der Waals surface area contributed by atoms with Crippen LogP contribution in [-0.4, -0.2) is 34.4 Å². The lowest BCUT2D eigenvalue weighted by molar-refractivity contribution is -0.149. The predicted octanol–water partition coefficient (Wildman–Crippen LogP) is 1.43. The molecule has 1 aliphatic rings. The van der Waals surface area contributed by atoms with Crippen LogP contribution >= 0.6 is 0 Å². The van der Waals surface area contributed by atoms with Gasteiger partial charge >= 0.3 is 5.97 Å². The van der Waals surface area contributed by atoms with Crippen molar-refractivity contribution in [2.75, 3.05) is 6.61 Å². The zero-order valence-corrected chi connectivity index (χ0v) is 10.2. The monoisotopic (exact) mass is 257 g/mol. The summed E-state index contributed by atoms with van der Waals surface area (Å²) in [6.45, 7) is 1.91. The minimum Gasteiger partial charge on any atom is -0.464 e. The Morgan fingerprint density at radius 1 is 1.42 bits per heavy atom. The van der Waals surface area contributed by atoms with Crippen LogP contribution in [0.4, 0.5) is 5.82 Å². The van der Waals surface area contributed by atoms with Crippen LogP contribution in [0, 0.1) is 0 Å². The van der Waals surface area contributed by atoms with E-state index in [1.807, 2.05) is 24.3 Å². The van der Waals surface area contributed by atoms with Crippen molar-refractivity contribution in [2.24, 2.45) is 4.99 Å². The smallest absolute Gasteiger partial charge is 0.339 e. The Morgan fingerprint density at radius 2 is 2.21 bits per heavy atom. The fourth-order valence-electron chi connectivity index (χ4n) is 2.10. The van der Waals surface area contributed by atoms with E-state index in [4.69, 9.17) is 4.74 Å². The number of rotatable bonds is 2. The number of ketones is 1. The first-order valence-electron chi connectivity index (χ1n) is 5.94. The molecule has 1 atom stereocenters. The lowest BCUT2D eigenvalue weighted by atomic mass is 10.1. The van der Waals surface area contributed by atoms with E-state index >= 15 is 0 Å². The molecule has 19 heavy (non-hydrogen) atoms. The van der Waals surface area contributed by atoms with E-state index in [0.29, 0.717) is 11.3 Å². The summed E-state index contributed by atoms with van der Waals surface area (Å²) in [6, 6.07) is 6.29. The normalized spacial score (nSPS) is 17.5. The number of Topliss-reactive ketones (excluding diaryl/α,β-unsaturated/α-hetero) is 1. The Hall–Kier alpha value is -2.50. The van der Waals surface area contributed by atoms with E-state index in [9.17, 15) is 9.59 Å². The van der Waals surface area contributed by atoms with Crippen molar-refractivity contribution in [1.82, 2.24) is 9.78 Å². The molecule has 0 saturated heterocycles. The van der Waals surface area contributed by atoms with Crippen molar-refractivity contribution in [3.63, 3.8) is 0 Å². The number of nitrogens with zero attached hydrogens (tertiary/aromatic N) is 3. The average molecular weight is 257 g/mol. The number of ether oxygens (including phenoxy) is 1. The number of carbonyl (C=O) groups excluding carboxylic acids is 2. The van der Waals surface area contributed by atoms with Crippen molar-refractivity contribution in [2.45, 2.75) is 13.0 Å². The highest BCUT2D eigenvalue weighted by molar-refractivity contribution is 6.35. The predicted molar refractivity (Wildman–Crippen MR) is 68.6 cm³/mol. The molecule has 1 unspecified atom stereocenters. The lowest BCUT2D eigenvalue weighted by Crippen LogP contribution is -2.32. The van der Waals surface area contributed by atoms with Gasteiger partial charge in [0.05, 0.1) is 18.3 Å². The SMILES string of the molecule is CCOC(=O)C1C(=O)C=Nc2c3ccccc3nn21. The molecule has 6 nitrogen and oxygen atoms in total. The van der Waals surface area contributed by atoms with Gasteiger partial charge in [-0.3, -0.25) is 4.79 Å². The van der Waals surface area contributed by atoms with E-state index in [1.54, 1.807) is 6.92 Å². The summed E-state index contributed by atoms with van der Waals surface area (Å²) in [5.74, 6) is -0.514. The van der Waals surface area contributed by atoms with Crippen molar-refractivity contribution in [1.29, 1.82) is 0 Å². The maximum absolute atomic E-state index is 11.9. The van der Waals surface area contributed by atoms with E-state index in [0.717, 1.165) is 11.6 Å². The molecule has 1 aromatic carbocycles. The number of hydrogen-bond donors (Lipinski definition) is 0. The van der Waals surface area contributed by atoms with Gasteiger partial charge in [-0.1, -0.05) is 12.1 Å². The van der Waals surface area contributed by atoms with Crippen LogP contribution in [0.2, 0.25) is 0 Å². The van der Waals surface area contributed by atoms with Gasteiger partial charge in [0, 0.05) is 5.39 Å². The van der Waals surface area contributed by atoms with Crippen LogP contribution in [0.15, 0.2) is 29.3 Å². The van der Waals surface area contributed by atoms with Gasteiger partial charge in [0.2, 0.25) is 11.8 Å². The summed E-state index contributed by atoms with van der Waals surface area (Å²) in [7, 11) is 0. The van der Waals surface area contributed by atoms with Gasteiger partial charge < -0.3 is 4.74 Å². The van der Waals surface area contributed by atoms with Crippen LogP contribution in [0.3, 0.4) is 0 Å². The molecule has 0 amide bonds. The van der Waals surface area contributed by atoms with Crippen LogP contribution in [0.5, 0.6) is 0 Å². The van der Waals surface area contributed by atoms with Crippen molar-refractivity contribution in [3.05, 3.63) is 24.3 Å². The number of benzene rings is 1. The number of aliphatic imine (C=N–C) groups is 1. The molecule has 0 N–H and O–H groups in total. The first-order valence-corrected chi connectivity index (χ1v) is 5.94. The Morgan fingerprint density at radius 3 is 3.00 bits per heavy atom. The molecule has 2 heterocycles. The second-order valence-electron chi connectivity index (χ2n) is 4.10. The van der Waals surface area contributed by atoms with Gasteiger partial charge in [-0.05, 0) is 19.1 Å². The molecule has 0 saturated carbocycles. The van der Waals surface area contributed by atoms with Gasteiger partial charge in [-0.2, -0.15) is 5.10 Å². The van der Waals surface area contributed by atoms with Gasteiger partial charge in [0.25, 0.3) is 0 Å². The molecule has 3 rings (SSSR count). The largest absolute Gasteiger partial charge is 0.464 e. The van der Waals surface area contributed by atoms with Crippen LogP contribution in [0.25, 0.3) is 10.9 Å². The fourth-order valence-corrected chi connectivity index (χ4v) is 2.10. The van der Waals surface area contributed by atoms with E-state index in [2.05, 4.69) is 10.1 Å². The molecular weight excluding hydrogens is 246 g/mol. The number of esters is 1. The topological polar surface area (TPSA) is 73.6 Å². The minimum atomic E-state index is -1.07. The third kappa shape index (κ3) is 1.72. The average Bonchev–Trinajstić information content (AvgIpc) is 2.76. The third-order valence-corrected chi connectivity index (χ3v) is 2.92. The first kappa shape index (κ1) is 11.6. The minimum absolute atomic E-state index is 0.218. The molecule has 0 fully saturated rings. The summed E-state index contributed by atoms with van der Waals surface area (Å²) >= 11 is 0. The highest BCUT2D eigenvalue weighted by atomic mass is 16.5. The zero-order valence-electron chi connectivity index (χ0n) is 10.2. The summed E-state index contributed by atoms with van der Waals surface area (Å²) in [5.41, 5.74) is 0.693. The Balaban J connectivity index is 2.17. The van der Waals surface area contributed by atoms with E-state index < -0.39 is 17.8 Å². The molecule has 96 valence electrons. The van der Waals surface area contributed by atoms with Gasteiger partial charge in [0.15, 0.2) is 5.82 Å². The van der Waals surface area contributed by atoms with Crippen molar-refractivity contribution >= 4 is 34.7 Å². The molecule has 6 heteroatoms. The molecule has 1 aromatic heterocycles. The van der Waals surface area contributed by atoms with Gasteiger partial charge in [0.1, 0.15) is 0 Å². The quantitative estimate of drug-likeness (QED) is 0.602. The fraction of sp³-hybridized carbons (Fsp3) is 0.231. The first-order chi connectivity index (χ1) is 9.22. The lowest BCUT2D eigenvalue weighted by Gasteiger charge is -2.17. The van der Waals surface area contributed by atoms with Crippen molar-refractivity contribution in [3.8, 4) is 0 Å². The van der Waals surface area contributed by atoms with Crippen LogP contribution in [-0.2, 0) is 14.3 Å². The standard InChI is InChI=1S/C13H11N3O3/c1-2-19-13(18)11-10(17)7-14-12-8-5-3-4-6-9(8)15-16(11)12/h3-7,11H,2H2,1H3. The van der Waals surface area contributed by atoms with E-state index in [-0.39, 0.29) is 6.61 Å². The van der Waals surface area contributed by atoms with Gasteiger partial charge in [-0.15, -0.1) is 0 Å². The second kappa shape index (κ2) is 4.31. The zero-order chi connectivity index (χ0) is 13.4. The number of aromatic nitrogens is 2. The highest BCUT2D eigenvalue weighted by Crippen LogP contribution is 2.31. The Bertz CT molecular complexity index is 702. The molecule has 2 aromatic rings. The number of carbonyl (C=O) groups is 2. The molecule has 0 radical (unpaired) electrons. The van der Waals surface area contributed by atoms with Crippen LogP contribution < -0.4 is 0 Å². The molecule has 1 aliphatic heterocycles. The Labute approximate surface area is 108 Å². The molecule has 0 aliphatic carbocycles. The molecule has 0 bridgehead atoms. The molecular formula is C13H11N3O3.